The Morgan fingerprint density at radius 1 is 1.12 bits per heavy atom. The molecule has 17 heavy (non-hydrogen) atoms. The van der Waals surface area contributed by atoms with E-state index in [1.807, 2.05) is 0 Å². The van der Waals surface area contributed by atoms with Crippen molar-refractivity contribution >= 4 is 5.78 Å². The first-order valence-electron chi connectivity index (χ1n) is 7.09. The van der Waals surface area contributed by atoms with Crippen LogP contribution in [0.3, 0.4) is 0 Å². The smallest absolute Gasteiger partial charge is 0.136 e. The van der Waals surface area contributed by atoms with E-state index in [1.165, 1.54) is 0 Å². The molecule has 0 amide bonds. The van der Waals surface area contributed by atoms with Crippen molar-refractivity contribution in [3.63, 3.8) is 0 Å². The van der Waals surface area contributed by atoms with Crippen LogP contribution in [0.5, 0.6) is 0 Å². The van der Waals surface area contributed by atoms with Gasteiger partial charge in [-0.1, -0.05) is 20.8 Å². The molecule has 0 N–H and O–H groups in total. The van der Waals surface area contributed by atoms with Crippen molar-refractivity contribution in [2.75, 3.05) is 13.2 Å². The van der Waals surface area contributed by atoms with E-state index in [0.717, 1.165) is 45.3 Å². The molecule has 0 bridgehead atoms. The summed E-state index contributed by atoms with van der Waals surface area (Å²) in [7, 11) is 0. The Balaban J connectivity index is 2.01. The molecule has 2 unspecified atom stereocenters. The zero-order valence-corrected chi connectivity index (χ0v) is 11.5. The molecule has 0 radical (unpaired) electrons. The van der Waals surface area contributed by atoms with Crippen LogP contribution in [0.1, 0.15) is 52.9 Å². The fraction of sp³-hybridized carbons (Fsp3) is 0.933. The van der Waals surface area contributed by atoms with Crippen LogP contribution < -0.4 is 0 Å². The Morgan fingerprint density at radius 2 is 1.76 bits per heavy atom. The van der Waals surface area contributed by atoms with Gasteiger partial charge < -0.3 is 4.74 Å². The summed E-state index contributed by atoms with van der Waals surface area (Å²) in [5, 5.41) is 0. The molecular weight excluding hydrogens is 212 g/mol. The fourth-order valence-corrected chi connectivity index (χ4v) is 3.42. The molecule has 0 spiro atoms. The summed E-state index contributed by atoms with van der Waals surface area (Å²) in [6.45, 7) is 8.65. The van der Waals surface area contributed by atoms with Gasteiger partial charge in [-0.3, -0.25) is 4.79 Å². The number of carbonyl (C=O) groups excluding carboxylic acids is 1. The lowest BCUT2D eigenvalue weighted by molar-refractivity contribution is -0.130. The number of ether oxygens (including phenoxy) is 1. The number of rotatable bonds is 1. The molecule has 98 valence electrons. The van der Waals surface area contributed by atoms with Crippen molar-refractivity contribution in [2.24, 2.45) is 23.2 Å². The van der Waals surface area contributed by atoms with Gasteiger partial charge >= 0.3 is 0 Å². The molecule has 2 rings (SSSR count). The molecule has 2 aliphatic rings. The molecule has 2 nitrogen and oxygen atoms in total. The van der Waals surface area contributed by atoms with Crippen molar-refractivity contribution in [3.8, 4) is 0 Å². The maximum atomic E-state index is 12.1. The number of hydrogen-bond acceptors (Lipinski definition) is 2. The topological polar surface area (TPSA) is 26.3 Å². The van der Waals surface area contributed by atoms with E-state index in [1.54, 1.807) is 0 Å². The summed E-state index contributed by atoms with van der Waals surface area (Å²) < 4.78 is 5.41. The van der Waals surface area contributed by atoms with E-state index in [2.05, 4.69) is 20.8 Å². The van der Waals surface area contributed by atoms with Crippen molar-refractivity contribution in [2.45, 2.75) is 52.9 Å². The monoisotopic (exact) mass is 238 g/mol. The largest absolute Gasteiger partial charge is 0.381 e. The Hall–Kier alpha value is -0.370. The second-order valence-corrected chi connectivity index (χ2v) is 6.86. The van der Waals surface area contributed by atoms with Gasteiger partial charge in [0, 0.05) is 25.6 Å². The second kappa shape index (κ2) is 5.09. The fourth-order valence-electron chi connectivity index (χ4n) is 3.42. The highest BCUT2D eigenvalue weighted by atomic mass is 16.5. The van der Waals surface area contributed by atoms with Crippen molar-refractivity contribution in [1.29, 1.82) is 0 Å². The van der Waals surface area contributed by atoms with Gasteiger partial charge in [0.2, 0.25) is 0 Å². The summed E-state index contributed by atoms with van der Waals surface area (Å²) >= 11 is 0. The van der Waals surface area contributed by atoms with Gasteiger partial charge in [-0.05, 0) is 42.9 Å². The highest BCUT2D eigenvalue weighted by Crippen LogP contribution is 2.42. The van der Waals surface area contributed by atoms with Gasteiger partial charge in [-0.2, -0.15) is 0 Å². The van der Waals surface area contributed by atoms with Crippen LogP contribution in [0.4, 0.5) is 0 Å². The molecule has 1 aliphatic heterocycles. The molecule has 0 aromatic carbocycles. The zero-order valence-electron chi connectivity index (χ0n) is 11.5. The minimum Gasteiger partial charge on any atom is -0.381 e. The van der Waals surface area contributed by atoms with E-state index in [9.17, 15) is 4.79 Å². The molecule has 1 saturated heterocycles. The molecule has 2 fully saturated rings. The van der Waals surface area contributed by atoms with E-state index in [0.29, 0.717) is 29.0 Å². The quantitative estimate of drug-likeness (QED) is 0.699. The molecule has 0 aromatic heterocycles. The Labute approximate surface area is 105 Å². The van der Waals surface area contributed by atoms with Crippen LogP contribution in [0.2, 0.25) is 0 Å². The first-order valence-corrected chi connectivity index (χ1v) is 7.09. The molecule has 0 aromatic rings. The van der Waals surface area contributed by atoms with Gasteiger partial charge in [-0.25, -0.2) is 0 Å². The number of hydrogen-bond donors (Lipinski definition) is 0. The lowest BCUT2D eigenvalue weighted by atomic mass is 9.65. The minimum atomic E-state index is 0.330. The average molecular weight is 238 g/mol. The maximum absolute atomic E-state index is 12.1. The molecule has 2 heteroatoms. The van der Waals surface area contributed by atoms with Gasteiger partial charge in [0.1, 0.15) is 5.78 Å². The third kappa shape index (κ3) is 3.09. The van der Waals surface area contributed by atoms with Crippen LogP contribution in [0, 0.1) is 23.2 Å². The Morgan fingerprint density at radius 3 is 2.35 bits per heavy atom. The summed E-state index contributed by atoms with van der Waals surface area (Å²) in [5.41, 5.74) is 0.351. The Bertz CT molecular complexity index is 271. The van der Waals surface area contributed by atoms with Gasteiger partial charge in [0.15, 0.2) is 0 Å². The van der Waals surface area contributed by atoms with Gasteiger partial charge in [0.05, 0.1) is 0 Å². The van der Waals surface area contributed by atoms with Crippen LogP contribution in [-0.4, -0.2) is 19.0 Å². The standard InChI is InChI=1S/C15H26O2/c1-15(2,3)12-4-5-14(16)13(10-12)11-6-8-17-9-7-11/h11-13H,4-10H2,1-3H3. The first kappa shape index (κ1) is 13.1. The van der Waals surface area contributed by atoms with Gasteiger partial charge in [0.25, 0.3) is 0 Å². The SMILES string of the molecule is CC(C)(C)C1CCC(=O)C(C2CCOCC2)C1. The molecule has 1 aliphatic carbocycles. The predicted octanol–water partition coefficient (Wildman–Crippen LogP) is 3.44. The summed E-state index contributed by atoms with van der Waals surface area (Å²) in [5.74, 6) is 2.17. The van der Waals surface area contributed by atoms with Crippen LogP contribution in [0.15, 0.2) is 0 Å². The van der Waals surface area contributed by atoms with E-state index in [4.69, 9.17) is 4.74 Å². The van der Waals surface area contributed by atoms with E-state index < -0.39 is 0 Å². The third-order valence-corrected chi connectivity index (χ3v) is 4.75. The predicted molar refractivity (Wildman–Crippen MR) is 68.8 cm³/mol. The lowest BCUT2D eigenvalue weighted by Gasteiger charge is -2.40. The zero-order chi connectivity index (χ0) is 12.5. The van der Waals surface area contributed by atoms with E-state index in [-0.39, 0.29) is 0 Å². The van der Waals surface area contributed by atoms with Crippen LogP contribution >= 0.6 is 0 Å². The third-order valence-electron chi connectivity index (χ3n) is 4.75. The van der Waals surface area contributed by atoms with Crippen molar-refractivity contribution in [1.82, 2.24) is 0 Å². The molecule has 1 saturated carbocycles. The van der Waals surface area contributed by atoms with E-state index >= 15 is 0 Å². The molecule has 1 heterocycles. The van der Waals surface area contributed by atoms with Crippen molar-refractivity contribution < 1.29 is 9.53 Å². The van der Waals surface area contributed by atoms with Crippen molar-refractivity contribution in [3.05, 3.63) is 0 Å². The average Bonchev–Trinajstić information content (AvgIpc) is 2.29. The highest BCUT2D eigenvalue weighted by molar-refractivity contribution is 5.82. The summed E-state index contributed by atoms with van der Waals surface area (Å²) in [6.07, 6.45) is 5.21. The van der Waals surface area contributed by atoms with Gasteiger partial charge in [-0.15, -0.1) is 0 Å². The first-order chi connectivity index (χ1) is 7.98. The lowest BCUT2D eigenvalue weighted by Crippen LogP contribution is -2.37. The number of carbonyl (C=O) groups is 1. The second-order valence-electron chi connectivity index (χ2n) is 6.86. The van der Waals surface area contributed by atoms with Crippen LogP contribution in [0.25, 0.3) is 0 Å². The molecule has 2 atom stereocenters. The maximum Gasteiger partial charge on any atom is 0.136 e. The summed E-state index contributed by atoms with van der Waals surface area (Å²) in [4.78, 5) is 12.1. The highest BCUT2D eigenvalue weighted by Gasteiger charge is 2.38. The minimum absolute atomic E-state index is 0.330. The molecular formula is C15H26O2. The summed E-state index contributed by atoms with van der Waals surface area (Å²) in [6, 6.07) is 0. The Kier molecular flexibility index (Phi) is 3.92. The number of ketones is 1. The normalized spacial score (nSPS) is 32.8. The number of Topliss-reactive ketones (excluding diaryl/α,β-unsaturated/α-hetero) is 1. The van der Waals surface area contributed by atoms with Crippen LogP contribution in [-0.2, 0) is 9.53 Å².